The molecule has 1 heterocycles. The summed E-state index contributed by atoms with van der Waals surface area (Å²) in [7, 11) is 0. The van der Waals surface area contributed by atoms with Gasteiger partial charge in [-0.15, -0.1) is 0 Å². The Balaban J connectivity index is 2.86. The SMILES string of the molecule is CC1=NC(C)(C)CC(C)(F)O1. The van der Waals surface area contributed by atoms with Crippen LogP contribution in [0.2, 0.25) is 0 Å². The molecule has 0 aromatic carbocycles. The summed E-state index contributed by atoms with van der Waals surface area (Å²) in [5.74, 6) is -1.11. The van der Waals surface area contributed by atoms with Crippen LogP contribution in [-0.4, -0.2) is 17.3 Å². The third-order valence-corrected chi connectivity index (χ3v) is 1.57. The summed E-state index contributed by atoms with van der Waals surface area (Å²) in [5.41, 5.74) is -0.328. The monoisotopic (exact) mass is 159 g/mol. The number of nitrogens with zero attached hydrogens (tertiary/aromatic N) is 1. The van der Waals surface area contributed by atoms with Crippen molar-refractivity contribution in [1.29, 1.82) is 0 Å². The Kier molecular flexibility index (Phi) is 1.69. The number of aliphatic imine (C=N–C) groups is 1. The van der Waals surface area contributed by atoms with Crippen molar-refractivity contribution in [2.24, 2.45) is 4.99 Å². The zero-order chi connectivity index (χ0) is 8.70. The van der Waals surface area contributed by atoms with Gasteiger partial charge >= 0.3 is 0 Å². The van der Waals surface area contributed by atoms with Gasteiger partial charge in [-0.2, -0.15) is 4.39 Å². The number of rotatable bonds is 0. The second-order valence-corrected chi connectivity index (χ2v) is 3.82. The van der Waals surface area contributed by atoms with Gasteiger partial charge < -0.3 is 4.74 Å². The van der Waals surface area contributed by atoms with E-state index in [4.69, 9.17) is 4.74 Å². The van der Waals surface area contributed by atoms with Crippen molar-refractivity contribution in [1.82, 2.24) is 0 Å². The Hall–Kier alpha value is -0.600. The first kappa shape index (κ1) is 8.50. The lowest BCUT2D eigenvalue weighted by molar-refractivity contribution is -0.0873. The molecule has 0 bridgehead atoms. The molecule has 1 atom stereocenters. The minimum atomic E-state index is -1.55. The molecule has 0 N–H and O–H groups in total. The summed E-state index contributed by atoms with van der Waals surface area (Å²) in [4.78, 5) is 4.16. The van der Waals surface area contributed by atoms with Crippen LogP contribution in [0.15, 0.2) is 4.99 Å². The van der Waals surface area contributed by atoms with Crippen LogP contribution in [-0.2, 0) is 4.74 Å². The van der Waals surface area contributed by atoms with Gasteiger partial charge in [-0.05, 0) is 13.8 Å². The van der Waals surface area contributed by atoms with Gasteiger partial charge in [-0.1, -0.05) is 0 Å². The second kappa shape index (κ2) is 2.19. The molecular formula is C8H14FNO. The summed E-state index contributed by atoms with van der Waals surface area (Å²) in [6.45, 7) is 6.92. The Morgan fingerprint density at radius 1 is 1.45 bits per heavy atom. The smallest absolute Gasteiger partial charge is 0.249 e. The van der Waals surface area contributed by atoms with Crippen molar-refractivity contribution in [2.75, 3.05) is 0 Å². The number of halogens is 1. The van der Waals surface area contributed by atoms with Crippen LogP contribution >= 0.6 is 0 Å². The first-order valence-electron chi connectivity index (χ1n) is 3.75. The average molecular weight is 159 g/mol. The normalized spacial score (nSPS) is 35.9. The molecule has 1 aliphatic heterocycles. The third-order valence-electron chi connectivity index (χ3n) is 1.57. The zero-order valence-electron chi connectivity index (χ0n) is 7.44. The molecule has 0 amide bonds. The van der Waals surface area contributed by atoms with Crippen molar-refractivity contribution in [3.63, 3.8) is 0 Å². The summed E-state index contributed by atoms with van der Waals surface area (Å²) in [6.07, 6.45) is 0.317. The highest BCUT2D eigenvalue weighted by atomic mass is 19.2. The van der Waals surface area contributed by atoms with Crippen LogP contribution in [0.1, 0.15) is 34.1 Å². The van der Waals surface area contributed by atoms with E-state index in [0.29, 0.717) is 12.3 Å². The minimum absolute atomic E-state index is 0.317. The predicted octanol–water partition coefficient (Wildman–Crippen LogP) is 2.29. The van der Waals surface area contributed by atoms with E-state index in [1.54, 1.807) is 6.92 Å². The maximum Gasteiger partial charge on any atom is 0.249 e. The molecule has 0 aromatic heterocycles. The molecule has 0 fully saturated rings. The van der Waals surface area contributed by atoms with Crippen LogP contribution in [0.3, 0.4) is 0 Å². The maximum atomic E-state index is 13.3. The number of hydrogen-bond donors (Lipinski definition) is 0. The molecular weight excluding hydrogens is 145 g/mol. The van der Waals surface area contributed by atoms with E-state index in [1.165, 1.54) is 6.92 Å². The highest BCUT2D eigenvalue weighted by Crippen LogP contribution is 2.32. The molecule has 1 aliphatic rings. The van der Waals surface area contributed by atoms with Gasteiger partial charge in [0, 0.05) is 20.3 Å². The molecule has 3 heteroatoms. The average Bonchev–Trinajstić information content (AvgIpc) is 1.49. The lowest BCUT2D eigenvalue weighted by Crippen LogP contribution is -2.39. The third kappa shape index (κ3) is 2.17. The Morgan fingerprint density at radius 2 is 2.00 bits per heavy atom. The van der Waals surface area contributed by atoms with Crippen molar-refractivity contribution in [3.05, 3.63) is 0 Å². The standard InChI is InChI=1S/C8H14FNO/c1-6-10-7(2,3)5-8(4,9)11-6/h5H2,1-4H3. The van der Waals surface area contributed by atoms with Gasteiger partial charge in [0.05, 0.1) is 5.54 Å². The van der Waals surface area contributed by atoms with E-state index in [0.717, 1.165) is 0 Å². The van der Waals surface area contributed by atoms with Crippen LogP contribution in [0.25, 0.3) is 0 Å². The number of hydrogen-bond acceptors (Lipinski definition) is 2. The van der Waals surface area contributed by atoms with Crippen molar-refractivity contribution < 1.29 is 9.13 Å². The van der Waals surface area contributed by atoms with Crippen LogP contribution < -0.4 is 0 Å². The fourth-order valence-corrected chi connectivity index (χ4v) is 1.61. The van der Waals surface area contributed by atoms with E-state index in [-0.39, 0.29) is 5.54 Å². The number of ether oxygens (including phenoxy) is 1. The van der Waals surface area contributed by atoms with Crippen molar-refractivity contribution in [3.8, 4) is 0 Å². The molecule has 1 unspecified atom stereocenters. The largest absolute Gasteiger partial charge is 0.446 e. The van der Waals surface area contributed by atoms with Gasteiger partial charge in [0.25, 0.3) is 0 Å². The number of alkyl halides is 1. The molecule has 64 valence electrons. The first-order valence-corrected chi connectivity index (χ1v) is 3.75. The summed E-state index contributed by atoms with van der Waals surface area (Å²) in [5, 5.41) is 0. The van der Waals surface area contributed by atoms with E-state index in [1.807, 2.05) is 13.8 Å². The van der Waals surface area contributed by atoms with Gasteiger partial charge in [0.15, 0.2) is 5.90 Å². The van der Waals surface area contributed by atoms with E-state index < -0.39 is 5.85 Å². The van der Waals surface area contributed by atoms with E-state index in [9.17, 15) is 4.39 Å². The molecule has 2 nitrogen and oxygen atoms in total. The fourth-order valence-electron chi connectivity index (χ4n) is 1.61. The first-order chi connectivity index (χ1) is 4.81. The molecule has 1 rings (SSSR count). The lowest BCUT2D eigenvalue weighted by atomic mass is 9.96. The molecule has 0 aromatic rings. The maximum absolute atomic E-state index is 13.3. The van der Waals surface area contributed by atoms with Gasteiger partial charge in [0.1, 0.15) is 0 Å². The molecule has 0 saturated carbocycles. The van der Waals surface area contributed by atoms with Crippen LogP contribution in [0.5, 0.6) is 0 Å². The Bertz CT molecular complexity index is 196. The van der Waals surface area contributed by atoms with E-state index >= 15 is 0 Å². The second-order valence-electron chi connectivity index (χ2n) is 3.82. The fraction of sp³-hybridized carbons (Fsp3) is 0.875. The van der Waals surface area contributed by atoms with Gasteiger partial charge in [-0.25, -0.2) is 4.99 Å². The van der Waals surface area contributed by atoms with Crippen LogP contribution in [0, 0.1) is 0 Å². The molecule has 0 spiro atoms. The summed E-state index contributed by atoms with van der Waals surface area (Å²) >= 11 is 0. The molecule has 11 heavy (non-hydrogen) atoms. The molecule has 0 radical (unpaired) electrons. The van der Waals surface area contributed by atoms with Gasteiger partial charge in [0.2, 0.25) is 5.85 Å². The Morgan fingerprint density at radius 3 is 2.36 bits per heavy atom. The van der Waals surface area contributed by atoms with E-state index in [2.05, 4.69) is 4.99 Å². The lowest BCUT2D eigenvalue weighted by Gasteiger charge is -2.34. The predicted molar refractivity (Wildman–Crippen MR) is 42.4 cm³/mol. The van der Waals surface area contributed by atoms with Crippen LogP contribution in [0.4, 0.5) is 4.39 Å². The minimum Gasteiger partial charge on any atom is -0.446 e. The molecule has 0 saturated heterocycles. The highest BCUT2D eigenvalue weighted by Gasteiger charge is 2.38. The summed E-state index contributed by atoms with van der Waals surface area (Å²) in [6, 6.07) is 0. The zero-order valence-corrected chi connectivity index (χ0v) is 7.44. The quantitative estimate of drug-likeness (QED) is 0.531. The van der Waals surface area contributed by atoms with Crippen molar-refractivity contribution in [2.45, 2.75) is 45.5 Å². The molecule has 0 aliphatic carbocycles. The van der Waals surface area contributed by atoms with Crippen molar-refractivity contribution >= 4 is 5.90 Å². The summed E-state index contributed by atoms with van der Waals surface area (Å²) < 4.78 is 18.2. The topological polar surface area (TPSA) is 21.6 Å². The highest BCUT2D eigenvalue weighted by molar-refractivity contribution is 5.74. The Labute approximate surface area is 66.5 Å². The van der Waals surface area contributed by atoms with Gasteiger partial charge in [-0.3, -0.25) is 0 Å².